The molecule has 3 nitrogen and oxygen atoms in total. The van der Waals surface area contributed by atoms with Crippen molar-refractivity contribution in [3.63, 3.8) is 0 Å². The number of rotatable bonds is 5. The number of hydrogen-bond acceptors (Lipinski definition) is 3. The van der Waals surface area contributed by atoms with Crippen LogP contribution in [-0.4, -0.2) is 32.6 Å². The fourth-order valence-electron chi connectivity index (χ4n) is 1.70. The second kappa shape index (κ2) is 5.64. The fraction of sp³-hybridized carbons (Fsp3) is 0.462. The summed E-state index contributed by atoms with van der Waals surface area (Å²) in [4.78, 5) is 2.09. The molecule has 1 rings (SSSR count). The molecule has 0 aliphatic heterocycles. The minimum absolute atomic E-state index is 0.578. The maximum atomic E-state index is 9.41. The number of nitrogens with one attached hydrogen (secondary N) is 1. The summed E-state index contributed by atoms with van der Waals surface area (Å²) >= 11 is 0. The predicted octanol–water partition coefficient (Wildman–Crippen LogP) is 1.58. The molecular weight excluding hydrogens is 198 g/mol. The molecule has 1 atom stereocenters. The largest absolute Gasteiger partial charge is 0.309 e. The summed E-state index contributed by atoms with van der Waals surface area (Å²) in [7, 11) is 5.87. The smallest absolute Gasteiger partial charge is 0.133 e. The van der Waals surface area contributed by atoms with Crippen molar-refractivity contribution in [2.75, 3.05) is 27.7 Å². The molecule has 1 unspecified atom stereocenters. The van der Waals surface area contributed by atoms with Gasteiger partial charge in [0.15, 0.2) is 0 Å². The van der Waals surface area contributed by atoms with Crippen molar-refractivity contribution >= 4 is 0 Å². The van der Waals surface area contributed by atoms with E-state index < -0.39 is 5.54 Å². The monoisotopic (exact) mass is 217 g/mol. The third-order valence-electron chi connectivity index (χ3n) is 2.82. The highest BCUT2D eigenvalue weighted by Crippen LogP contribution is 2.23. The fourth-order valence-corrected chi connectivity index (χ4v) is 1.70. The third kappa shape index (κ3) is 2.82. The highest BCUT2D eigenvalue weighted by Gasteiger charge is 2.29. The first-order valence-corrected chi connectivity index (χ1v) is 5.45. The maximum absolute atomic E-state index is 9.41. The van der Waals surface area contributed by atoms with Crippen molar-refractivity contribution in [3.05, 3.63) is 35.9 Å². The summed E-state index contributed by atoms with van der Waals surface area (Å²) in [5.41, 5.74) is 0.452. The van der Waals surface area contributed by atoms with Crippen molar-refractivity contribution in [1.29, 1.82) is 5.26 Å². The molecule has 0 aliphatic rings. The number of nitrogens with zero attached hydrogens (tertiary/aromatic N) is 2. The van der Waals surface area contributed by atoms with Gasteiger partial charge in [-0.2, -0.15) is 5.26 Å². The predicted molar refractivity (Wildman–Crippen MR) is 66.0 cm³/mol. The van der Waals surface area contributed by atoms with E-state index in [0.29, 0.717) is 0 Å². The van der Waals surface area contributed by atoms with Gasteiger partial charge in [-0.25, -0.2) is 0 Å². The molecule has 0 heterocycles. The zero-order chi connectivity index (χ0) is 12.0. The van der Waals surface area contributed by atoms with Crippen LogP contribution < -0.4 is 5.32 Å². The van der Waals surface area contributed by atoms with Crippen LogP contribution in [0.2, 0.25) is 0 Å². The molecule has 0 saturated heterocycles. The van der Waals surface area contributed by atoms with Crippen molar-refractivity contribution in [2.24, 2.45) is 0 Å². The van der Waals surface area contributed by atoms with Crippen LogP contribution in [0.5, 0.6) is 0 Å². The Morgan fingerprint density at radius 1 is 1.31 bits per heavy atom. The molecule has 1 aromatic carbocycles. The Hall–Kier alpha value is -1.37. The topological polar surface area (TPSA) is 39.1 Å². The maximum Gasteiger partial charge on any atom is 0.133 e. The Kier molecular flexibility index (Phi) is 4.48. The Balaban J connectivity index is 2.93. The number of hydrogen-bond donors (Lipinski definition) is 1. The lowest BCUT2D eigenvalue weighted by atomic mass is 9.88. The lowest BCUT2D eigenvalue weighted by Gasteiger charge is -2.28. The molecule has 0 spiro atoms. The third-order valence-corrected chi connectivity index (χ3v) is 2.82. The molecule has 0 aliphatic carbocycles. The molecule has 86 valence electrons. The van der Waals surface area contributed by atoms with Gasteiger partial charge in [-0.3, -0.25) is 5.32 Å². The van der Waals surface area contributed by atoms with Crippen LogP contribution in [0.4, 0.5) is 0 Å². The van der Waals surface area contributed by atoms with Crippen LogP contribution >= 0.6 is 0 Å². The van der Waals surface area contributed by atoms with Gasteiger partial charge in [-0.15, -0.1) is 0 Å². The van der Waals surface area contributed by atoms with E-state index in [1.165, 1.54) is 0 Å². The first kappa shape index (κ1) is 12.7. The first-order chi connectivity index (χ1) is 7.64. The van der Waals surface area contributed by atoms with E-state index in [1.807, 2.05) is 51.5 Å². The summed E-state index contributed by atoms with van der Waals surface area (Å²) in [5, 5.41) is 12.6. The van der Waals surface area contributed by atoms with Gasteiger partial charge in [-0.1, -0.05) is 30.3 Å². The quantitative estimate of drug-likeness (QED) is 0.814. The molecule has 0 amide bonds. The van der Waals surface area contributed by atoms with Gasteiger partial charge < -0.3 is 4.90 Å². The van der Waals surface area contributed by atoms with Gasteiger partial charge in [-0.05, 0) is 33.1 Å². The van der Waals surface area contributed by atoms with Crippen LogP contribution in [0.1, 0.15) is 12.0 Å². The second-order valence-corrected chi connectivity index (χ2v) is 4.19. The molecule has 0 bridgehead atoms. The average Bonchev–Trinajstić information content (AvgIpc) is 2.32. The van der Waals surface area contributed by atoms with E-state index >= 15 is 0 Å². The van der Waals surface area contributed by atoms with E-state index in [4.69, 9.17) is 0 Å². The van der Waals surface area contributed by atoms with Crippen molar-refractivity contribution < 1.29 is 0 Å². The first-order valence-electron chi connectivity index (χ1n) is 5.45. The second-order valence-electron chi connectivity index (χ2n) is 4.19. The summed E-state index contributed by atoms with van der Waals surface area (Å²) in [6.07, 6.45) is 0.775. The Morgan fingerprint density at radius 3 is 2.38 bits per heavy atom. The van der Waals surface area contributed by atoms with Gasteiger partial charge >= 0.3 is 0 Å². The van der Waals surface area contributed by atoms with Crippen LogP contribution in [0.15, 0.2) is 30.3 Å². The average molecular weight is 217 g/mol. The Bertz CT molecular complexity index is 353. The molecule has 0 saturated carbocycles. The zero-order valence-corrected chi connectivity index (χ0v) is 10.2. The van der Waals surface area contributed by atoms with E-state index in [2.05, 4.69) is 16.3 Å². The highest BCUT2D eigenvalue weighted by molar-refractivity contribution is 5.31. The molecular formula is C13H19N3. The minimum atomic E-state index is -0.578. The Labute approximate surface area is 97.7 Å². The van der Waals surface area contributed by atoms with E-state index in [9.17, 15) is 5.26 Å². The lowest BCUT2D eigenvalue weighted by Crippen LogP contribution is -2.41. The normalized spacial score (nSPS) is 14.4. The van der Waals surface area contributed by atoms with Crippen molar-refractivity contribution in [2.45, 2.75) is 12.0 Å². The molecule has 0 fully saturated rings. The molecule has 1 N–H and O–H groups in total. The van der Waals surface area contributed by atoms with Gasteiger partial charge in [0.1, 0.15) is 5.54 Å². The number of nitriles is 1. The van der Waals surface area contributed by atoms with E-state index in [1.54, 1.807) is 0 Å². The standard InChI is InChI=1S/C13H19N3/c1-15-13(11-14,9-10-16(2)3)12-7-5-4-6-8-12/h4-8,15H,9-10H2,1-3H3. The Morgan fingerprint density at radius 2 is 1.94 bits per heavy atom. The van der Waals surface area contributed by atoms with Gasteiger partial charge in [0, 0.05) is 6.54 Å². The summed E-state index contributed by atoms with van der Waals surface area (Å²) in [6, 6.07) is 12.3. The van der Waals surface area contributed by atoms with Gasteiger partial charge in [0.05, 0.1) is 6.07 Å². The van der Waals surface area contributed by atoms with Crippen LogP contribution in [0, 0.1) is 11.3 Å². The molecule has 1 aromatic rings. The van der Waals surface area contributed by atoms with Crippen LogP contribution in [-0.2, 0) is 5.54 Å². The highest BCUT2D eigenvalue weighted by atomic mass is 15.1. The molecule has 0 aromatic heterocycles. The minimum Gasteiger partial charge on any atom is -0.309 e. The van der Waals surface area contributed by atoms with Gasteiger partial charge in [0.2, 0.25) is 0 Å². The van der Waals surface area contributed by atoms with Crippen molar-refractivity contribution in [3.8, 4) is 6.07 Å². The van der Waals surface area contributed by atoms with Crippen LogP contribution in [0.25, 0.3) is 0 Å². The summed E-state index contributed by atoms with van der Waals surface area (Å²) in [5.74, 6) is 0. The van der Waals surface area contributed by atoms with Crippen molar-refractivity contribution in [1.82, 2.24) is 10.2 Å². The van der Waals surface area contributed by atoms with Crippen LogP contribution in [0.3, 0.4) is 0 Å². The summed E-state index contributed by atoms with van der Waals surface area (Å²) in [6.45, 7) is 0.878. The molecule has 3 heteroatoms. The zero-order valence-electron chi connectivity index (χ0n) is 10.2. The van der Waals surface area contributed by atoms with Gasteiger partial charge in [0.25, 0.3) is 0 Å². The summed E-state index contributed by atoms with van der Waals surface area (Å²) < 4.78 is 0. The van der Waals surface area contributed by atoms with E-state index in [-0.39, 0.29) is 0 Å². The SMILES string of the molecule is CNC(C#N)(CCN(C)C)c1ccccc1. The lowest BCUT2D eigenvalue weighted by molar-refractivity contribution is 0.330. The molecule has 0 radical (unpaired) electrons. The number of benzene rings is 1. The molecule has 16 heavy (non-hydrogen) atoms. The van der Waals surface area contributed by atoms with E-state index in [0.717, 1.165) is 18.5 Å².